The van der Waals surface area contributed by atoms with Crippen molar-refractivity contribution in [3.63, 3.8) is 0 Å². The monoisotopic (exact) mass is 728 g/mol. The molecule has 3 nitrogen and oxygen atoms in total. The first kappa shape index (κ1) is 32.8. The van der Waals surface area contributed by atoms with Gasteiger partial charge in [-0.3, -0.25) is 0 Å². The first-order chi connectivity index (χ1) is 28.3. The number of anilines is 3. The Hall–Kier alpha value is -7.62. The van der Waals surface area contributed by atoms with Crippen LogP contribution in [0.4, 0.5) is 17.1 Å². The normalized spacial score (nSPS) is 11.5. The molecule has 0 fully saturated rings. The fourth-order valence-corrected chi connectivity index (χ4v) is 8.70. The zero-order valence-corrected chi connectivity index (χ0v) is 31.1. The molecule has 0 radical (unpaired) electrons. The van der Waals surface area contributed by atoms with Gasteiger partial charge in [-0.15, -0.1) is 0 Å². The molecule has 3 heteroatoms. The van der Waals surface area contributed by atoms with Crippen molar-refractivity contribution in [1.29, 1.82) is 0 Å². The van der Waals surface area contributed by atoms with Gasteiger partial charge >= 0.3 is 0 Å². The van der Waals surface area contributed by atoms with Crippen LogP contribution in [0.3, 0.4) is 0 Å². The van der Waals surface area contributed by atoms with Crippen LogP contribution in [0.25, 0.3) is 82.8 Å². The van der Waals surface area contributed by atoms with E-state index in [-0.39, 0.29) is 0 Å². The maximum Gasteiger partial charge on any atom is 0.143 e. The van der Waals surface area contributed by atoms with E-state index in [0.29, 0.717) is 0 Å². The Morgan fingerprint density at radius 3 is 1.77 bits per heavy atom. The summed E-state index contributed by atoms with van der Waals surface area (Å²) < 4.78 is 9.03. The highest BCUT2D eigenvalue weighted by Crippen LogP contribution is 2.47. The number of para-hydroxylation sites is 5. The number of hydrogen-bond donors (Lipinski definition) is 0. The van der Waals surface area contributed by atoms with Gasteiger partial charge in [0.1, 0.15) is 11.2 Å². The molecule has 0 N–H and O–H groups in total. The summed E-state index contributed by atoms with van der Waals surface area (Å²) in [6, 6.07) is 78.1. The van der Waals surface area contributed by atoms with Crippen molar-refractivity contribution in [3.05, 3.63) is 218 Å². The van der Waals surface area contributed by atoms with Crippen molar-refractivity contribution in [2.45, 2.75) is 0 Å². The molecule has 0 atom stereocenters. The van der Waals surface area contributed by atoms with Gasteiger partial charge in [0, 0.05) is 44.0 Å². The third kappa shape index (κ3) is 5.43. The molecular weight excluding hydrogens is 693 g/mol. The standard InChI is InChI=1S/C54H36N2O/c1-4-18-37(19-5-1)41-35-34-40(36-47(41)38-20-6-2-7-21-38)55(39-22-8-3-9-23-39)50-31-17-32-51-53(50)46-26-11-14-30-49(46)56(51)48-29-13-10-24-42(48)44-27-16-28-45-43-25-12-15-33-52(43)57-54(44)45/h1-36H. The highest BCUT2D eigenvalue weighted by Gasteiger charge is 2.24. The van der Waals surface area contributed by atoms with Crippen molar-refractivity contribution in [3.8, 4) is 39.1 Å². The Bertz CT molecular complexity index is 3230. The lowest BCUT2D eigenvalue weighted by Crippen LogP contribution is -2.10. The van der Waals surface area contributed by atoms with Gasteiger partial charge in [-0.25, -0.2) is 0 Å². The van der Waals surface area contributed by atoms with Crippen molar-refractivity contribution < 1.29 is 4.42 Å². The summed E-state index contributed by atoms with van der Waals surface area (Å²) in [7, 11) is 0. The Morgan fingerprint density at radius 1 is 0.368 bits per heavy atom. The Balaban J connectivity index is 1.17. The fourth-order valence-electron chi connectivity index (χ4n) is 8.70. The predicted octanol–water partition coefficient (Wildman–Crippen LogP) is 15.2. The molecule has 0 bridgehead atoms. The van der Waals surface area contributed by atoms with Gasteiger partial charge in [0.05, 0.1) is 22.4 Å². The second kappa shape index (κ2) is 13.6. The van der Waals surface area contributed by atoms with Crippen LogP contribution in [-0.2, 0) is 0 Å². The summed E-state index contributed by atoms with van der Waals surface area (Å²) in [5, 5.41) is 4.61. The minimum absolute atomic E-state index is 0.896. The summed E-state index contributed by atoms with van der Waals surface area (Å²) in [4.78, 5) is 2.42. The largest absolute Gasteiger partial charge is 0.455 e. The summed E-state index contributed by atoms with van der Waals surface area (Å²) >= 11 is 0. The average Bonchev–Trinajstić information content (AvgIpc) is 3.84. The number of aromatic nitrogens is 1. The number of furan rings is 1. The van der Waals surface area contributed by atoms with Gasteiger partial charge in [0.25, 0.3) is 0 Å². The van der Waals surface area contributed by atoms with Crippen LogP contribution in [0.5, 0.6) is 0 Å². The third-order valence-electron chi connectivity index (χ3n) is 11.2. The lowest BCUT2D eigenvalue weighted by atomic mass is 9.93. The van der Waals surface area contributed by atoms with Gasteiger partial charge in [0.15, 0.2) is 0 Å². The molecule has 57 heavy (non-hydrogen) atoms. The van der Waals surface area contributed by atoms with E-state index in [1.807, 2.05) is 6.07 Å². The maximum absolute atomic E-state index is 6.60. The molecule has 0 spiro atoms. The van der Waals surface area contributed by atoms with Gasteiger partial charge < -0.3 is 13.9 Å². The van der Waals surface area contributed by atoms with Gasteiger partial charge in [-0.2, -0.15) is 0 Å². The molecule has 0 aliphatic carbocycles. The zero-order chi connectivity index (χ0) is 37.7. The van der Waals surface area contributed by atoms with E-state index >= 15 is 0 Å². The lowest BCUT2D eigenvalue weighted by molar-refractivity contribution is 0.670. The Kier molecular flexibility index (Phi) is 7.82. The molecule has 0 aliphatic rings. The SMILES string of the molecule is c1ccc(-c2ccc(N(c3ccccc3)c3cccc4c3c3ccccc3n4-c3ccccc3-c3cccc4c3oc3ccccc34)cc2-c2ccccc2)cc1. The molecule has 268 valence electrons. The molecule has 9 aromatic carbocycles. The van der Waals surface area contributed by atoms with E-state index in [1.165, 1.54) is 33.0 Å². The van der Waals surface area contributed by atoms with E-state index in [1.54, 1.807) is 0 Å². The summed E-state index contributed by atoms with van der Waals surface area (Å²) in [5.74, 6) is 0. The molecule has 0 saturated heterocycles. The van der Waals surface area contributed by atoms with E-state index in [0.717, 1.165) is 66.8 Å². The average molecular weight is 729 g/mol. The van der Waals surface area contributed by atoms with Crippen LogP contribution < -0.4 is 4.90 Å². The molecule has 0 aliphatic heterocycles. The van der Waals surface area contributed by atoms with Crippen LogP contribution in [-0.4, -0.2) is 4.57 Å². The molecule has 11 rings (SSSR count). The molecule has 2 aromatic heterocycles. The molecule has 2 heterocycles. The van der Waals surface area contributed by atoms with Crippen LogP contribution in [0, 0.1) is 0 Å². The first-order valence-corrected chi connectivity index (χ1v) is 19.4. The number of benzene rings is 9. The minimum atomic E-state index is 0.896. The minimum Gasteiger partial charge on any atom is -0.455 e. The molecule has 11 aromatic rings. The second-order valence-electron chi connectivity index (χ2n) is 14.5. The maximum atomic E-state index is 6.60. The number of rotatable bonds is 7. The molecule has 0 saturated carbocycles. The number of hydrogen-bond acceptors (Lipinski definition) is 2. The molecule has 0 unspecified atom stereocenters. The predicted molar refractivity (Wildman–Crippen MR) is 239 cm³/mol. The Morgan fingerprint density at radius 2 is 0.965 bits per heavy atom. The highest BCUT2D eigenvalue weighted by molar-refractivity contribution is 6.17. The van der Waals surface area contributed by atoms with Crippen molar-refractivity contribution in [2.24, 2.45) is 0 Å². The first-order valence-electron chi connectivity index (χ1n) is 19.4. The zero-order valence-electron chi connectivity index (χ0n) is 31.1. The summed E-state index contributed by atoms with van der Waals surface area (Å²) in [6.45, 7) is 0. The van der Waals surface area contributed by atoms with Crippen LogP contribution >= 0.6 is 0 Å². The van der Waals surface area contributed by atoms with Crippen LogP contribution in [0.1, 0.15) is 0 Å². The molecular formula is C54H36N2O. The van der Waals surface area contributed by atoms with Crippen LogP contribution in [0.2, 0.25) is 0 Å². The Labute approximate surface area is 330 Å². The van der Waals surface area contributed by atoms with E-state index in [9.17, 15) is 0 Å². The topological polar surface area (TPSA) is 21.3 Å². The van der Waals surface area contributed by atoms with Crippen molar-refractivity contribution in [1.82, 2.24) is 4.57 Å². The van der Waals surface area contributed by atoms with E-state index in [4.69, 9.17) is 4.42 Å². The molecule has 0 amide bonds. The van der Waals surface area contributed by atoms with E-state index in [2.05, 4.69) is 222 Å². The van der Waals surface area contributed by atoms with E-state index < -0.39 is 0 Å². The lowest BCUT2D eigenvalue weighted by Gasteiger charge is -2.27. The quantitative estimate of drug-likeness (QED) is 0.163. The van der Waals surface area contributed by atoms with Gasteiger partial charge in [0.2, 0.25) is 0 Å². The fraction of sp³-hybridized carbons (Fsp3) is 0. The smallest absolute Gasteiger partial charge is 0.143 e. The number of fused-ring (bicyclic) bond motifs is 6. The van der Waals surface area contributed by atoms with Crippen molar-refractivity contribution >= 4 is 60.8 Å². The van der Waals surface area contributed by atoms with Crippen LogP contribution in [0.15, 0.2) is 223 Å². The second-order valence-corrected chi connectivity index (χ2v) is 14.5. The van der Waals surface area contributed by atoms with Crippen molar-refractivity contribution in [2.75, 3.05) is 4.90 Å². The summed E-state index contributed by atoms with van der Waals surface area (Å²) in [5.41, 5.74) is 15.4. The summed E-state index contributed by atoms with van der Waals surface area (Å²) in [6.07, 6.45) is 0. The third-order valence-corrected chi connectivity index (χ3v) is 11.2. The highest BCUT2D eigenvalue weighted by atomic mass is 16.3. The van der Waals surface area contributed by atoms with Gasteiger partial charge in [-0.1, -0.05) is 164 Å². The number of nitrogens with zero attached hydrogens (tertiary/aromatic N) is 2. The van der Waals surface area contributed by atoms with Gasteiger partial charge in [-0.05, 0) is 76.9 Å².